The molecule has 2 N–H and O–H groups in total. The quantitative estimate of drug-likeness (QED) is 0.774. The molecule has 1 heterocycles. The number of hydrogen-bond acceptors (Lipinski definition) is 4. The minimum absolute atomic E-state index is 0.169. The van der Waals surface area contributed by atoms with Gasteiger partial charge in [-0.25, -0.2) is 8.42 Å². The fourth-order valence-electron chi connectivity index (χ4n) is 2.26. The van der Waals surface area contributed by atoms with Crippen molar-refractivity contribution in [2.75, 3.05) is 28.9 Å². The summed E-state index contributed by atoms with van der Waals surface area (Å²) in [6.07, 6.45) is 4.06. The van der Waals surface area contributed by atoms with Crippen LogP contribution in [-0.4, -0.2) is 33.4 Å². The zero-order chi connectivity index (χ0) is 15.1. The molecule has 0 saturated carbocycles. The maximum Gasteiger partial charge on any atom is 0.232 e. The van der Waals surface area contributed by atoms with Gasteiger partial charge in [-0.15, -0.1) is 0 Å². The van der Waals surface area contributed by atoms with Crippen molar-refractivity contribution in [1.82, 2.24) is 0 Å². The lowest BCUT2D eigenvalue weighted by Crippen LogP contribution is -2.18. The molecule has 1 aliphatic rings. The third kappa shape index (κ3) is 5.55. The van der Waals surface area contributed by atoms with Crippen LogP contribution in [0.2, 0.25) is 0 Å². The van der Waals surface area contributed by atoms with Crippen LogP contribution in [0.4, 0.5) is 11.4 Å². The van der Waals surface area contributed by atoms with E-state index in [0.29, 0.717) is 12.1 Å². The summed E-state index contributed by atoms with van der Waals surface area (Å²) in [6.45, 7) is 3.62. The third-order valence-corrected chi connectivity index (χ3v) is 4.86. The molecule has 0 aromatic heterocycles. The molecule has 6 heteroatoms. The standard InChI is InChI=1S/C15H24N2O3S/c1-2-3-11-21(18,19)17-14-8-6-13(7-9-14)16-12-15-5-4-10-20-15/h6-9,15-17H,2-5,10-12H2,1H3. The van der Waals surface area contributed by atoms with Crippen LogP contribution in [0.5, 0.6) is 0 Å². The number of ether oxygens (including phenoxy) is 1. The number of nitrogens with one attached hydrogen (secondary N) is 2. The maximum atomic E-state index is 11.8. The summed E-state index contributed by atoms with van der Waals surface area (Å²) in [5, 5.41) is 3.31. The minimum atomic E-state index is -3.23. The highest BCUT2D eigenvalue weighted by Gasteiger charge is 2.14. The van der Waals surface area contributed by atoms with Crippen molar-refractivity contribution in [2.45, 2.75) is 38.7 Å². The Hall–Kier alpha value is -1.27. The highest BCUT2D eigenvalue weighted by atomic mass is 32.2. The van der Waals surface area contributed by atoms with Gasteiger partial charge in [0.05, 0.1) is 11.9 Å². The van der Waals surface area contributed by atoms with Crippen LogP contribution in [0.1, 0.15) is 32.6 Å². The molecule has 0 radical (unpaired) electrons. The summed E-state index contributed by atoms with van der Waals surface area (Å²) in [4.78, 5) is 0. The monoisotopic (exact) mass is 312 g/mol. The molecule has 118 valence electrons. The lowest BCUT2D eigenvalue weighted by Gasteiger charge is -2.13. The Morgan fingerprint density at radius 2 is 1.95 bits per heavy atom. The molecule has 0 amide bonds. The number of rotatable bonds is 8. The van der Waals surface area contributed by atoms with Gasteiger partial charge in [0.1, 0.15) is 0 Å². The summed E-state index contributed by atoms with van der Waals surface area (Å²) in [5.74, 6) is 0.169. The van der Waals surface area contributed by atoms with Crippen LogP contribution >= 0.6 is 0 Å². The molecular formula is C15H24N2O3S. The van der Waals surface area contributed by atoms with Crippen LogP contribution in [0.3, 0.4) is 0 Å². The first-order valence-electron chi connectivity index (χ1n) is 7.55. The van der Waals surface area contributed by atoms with Gasteiger partial charge in [0.25, 0.3) is 0 Å². The number of sulfonamides is 1. The lowest BCUT2D eigenvalue weighted by atomic mass is 10.2. The van der Waals surface area contributed by atoms with Gasteiger partial charge in [-0.1, -0.05) is 13.3 Å². The van der Waals surface area contributed by atoms with E-state index in [2.05, 4.69) is 10.0 Å². The summed E-state index contributed by atoms with van der Waals surface area (Å²) in [5.41, 5.74) is 1.58. The highest BCUT2D eigenvalue weighted by molar-refractivity contribution is 7.92. The largest absolute Gasteiger partial charge is 0.382 e. The van der Waals surface area contributed by atoms with Crippen LogP contribution < -0.4 is 10.0 Å². The first-order valence-corrected chi connectivity index (χ1v) is 9.20. The van der Waals surface area contributed by atoms with Crippen molar-refractivity contribution in [1.29, 1.82) is 0 Å². The minimum Gasteiger partial charge on any atom is -0.382 e. The van der Waals surface area contributed by atoms with E-state index in [1.165, 1.54) is 0 Å². The summed E-state index contributed by atoms with van der Waals surface area (Å²) >= 11 is 0. The van der Waals surface area contributed by atoms with E-state index in [0.717, 1.165) is 38.1 Å². The van der Waals surface area contributed by atoms with Crippen LogP contribution in [0, 0.1) is 0 Å². The molecule has 1 aromatic rings. The molecule has 0 spiro atoms. The molecule has 1 fully saturated rings. The van der Waals surface area contributed by atoms with E-state index in [9.17, 15) is 8.42 Å². The van der Waals surface area contributed by atoms with Crippen LogP contribution in [0.25, 0.3) is 0 Å². The summed E-state index contributed by atoms with van der Waals surface area (Å²) in [6, 6.07) is 7.32. The van der Waals surface area contributed by atoms with E-state index in [1.807, 2.05) is 19.1 Å². The average Bonchev–Trinajstić information content (AvgIpc) is 2.97. The Balaban J connectivity index is 1.83. The van der Waals surface area contributed by atoms with Crippen molar-refractivity contribution in [3.05, 3.63) is 24.3 Å². The van der Waals surface area contributed by atoms with Crippen molar-refractivity contribution in [3.8, 4) is 0 Å². The molecule has 21 heavy (non-hydrogen) atoms. The van der Waals surface area contributed by atoms with E-state index < -0.39 is 10.0 Å². The topological polar surface area (TPSA) is 67.4 Å². The molecule has 1 aliphatic heterocycles. The zero-order valence-corrected chi connectivity index (χ0v) is 13.3. The Kier molecular flexibility index (Phi) is 5.87. The second kappa shape index (κ2) is 7.66. The molecule has 5 nitrogen and oxygen atoms in total. The van der Waals surface area contributed by atoms with Crippen molar-refractivity contribution in [2.24, 2.45) is 0 Å². The van der Waals surface area contributed by atoms with Crippen LogP contribution in [-0.2, 0) is 14.8 Å². The summed E-state index contributed by atoms with van der Waals surface area (Å²) < 4.78 is 31.7. The Labute approximate surface area is 127 Å². The third-order valence-electron chi connectivity index (χ3n) is 3.48. The predicted molar refractivity (Wildman–Crippen MR) is 86.2 cm³/mol. The zero-order valence-electron chi connectivity index (χ0n) is 12.5. The Morgan fingerprint density at radius 1 is 1.24 bits per heavy atom. The van der Waals surface area contributed by atoms with Crippen molar-refractivity contribution in [3.63, 3.8) is 0 Å². The van der Waals surface area contributed by atoms with Gasteiger partial charge in [-0.2, -0.15) is 0 Å². The predicted octanol–water partition coefficient (Wildman–Crippen LogP) is 2.82. The fraction of sp³-hybridized carbons (Fsp3) is 0.600. The molecule has 1 aromatic carbocycles. The lowest BCUT2D eigenvalue weighted by molar-refractivity contribution is 0.120. The molecule has 1 saturated heterocycles. The van der Waals surface area contributed by atoms with Gasteiger partial charge in [-0.3, -0.25) is 4.72 Å². The van der Waals surface area contributed by atoms with E-state index in [-0.39, 0.29) is 11.9 Å². The smallest absolute Gasteiger partial charge is 0.232 e. The molecule has 1 atom stereocenters. The Morgan fingerprint density at radius 3 is 2.57 bits per heavy atom. The summed E-state index contributed by atoms with van der Waals surface area (Å²) in [7, 11) is -3.23. The maximum absolute atomic E-state index is 11.8. The van der Waals surface area contributed by atoms with E-state index in [1.54, 1.807) is 12.1 Å². The number of unbranched alkanes of at least 4 members (excludes halogenated alkanes) is 1. The molecule has 2 rings (SSSR count). The van der Waals surface area contributed by atoms with Gasteiger partial charge in [0, 0.05) is 24.5 Å². The SMILES string of the molecule is CCCCS(=O)(=O)Nc1ccc(NCC2CCCO2)cc1. The molecular weight excluding hydrogens is 288 g/mol. The fourth-order valence-corrected chi connectivity index (χ4v) is 3.52. The number of benzene rings is 1. The van der Waals surface area contributed by atoms with Gasteiger partial charge in [-0.05, 0) is 43.5 Å². The molecule has 1 unspecified atom stereocenters. The highest BCUT2D eigenvalue weighted by Crippen LogP contribution is 2.17. The van der Waals surface area contributed by atoms with Gasteiger partial charge in [0.2, 0.25) is 10.0 Å². The Bertz CT molecular complexity index is 522. The number of anilines is 2. The van der Waals surface area contributed by atoms with Gasteiger partial charge < -0.3 is 10.1 Å². The van der Waals surface area contributed by atoms with Crippen molar-refractivity contribution >= 4 is 21.4 Å². The first kappa shape index (κ1) is 16.1. The molecule has 0 bridgehead atoms. The van der Waals surface area contributed by atoms with Gasteiger partial charge >= 0.3 is 0 Å². The van der Waals surface area contributed by atoms with Crippen LogP contribution in [0.15, 0.2) is 24.3 Å². The van der Waals surface area contributed by atoms with Crippen molar-refractivity contribution < 1.29 is 13.2 Å². The van der Waals surface area contributed by atoms with E-state index >= 15 is 0 Å². The normalized spacial score (nSPS) is 18.6. The number of hydrogen-bond donors (Lipinski definition) is 2. The van der Waals surface area contributed by atoms with Gasteiger partial charge in [0.15, 0.2) is 0 Å². The average molecular weight is 312 g/mol. The molecule has 0 aliphatic carbocycles. The van der Waals surface area contributed by atoms with E-state index in [4.69, 9.17) is 4.74 Å². The first-order chi connectivity index (χ1) is 10.1. The second-order valence-electron chi connectivity index (χ2n) is 5.37. The second-order valence-corrected chi connectivity index (χ2v) is 7.21.